The predicted octanol–water partition coefficient (Wildman–Crippen LogP) is 5.11. The van der Waals surface area contributed by atoms with E-state index in [1.807, 2.05) is 36.4 Å². The summed E-state index contributed by atoms with van der Waals surface area (Å²) < 4.78 is 34.5. The molecule has 0 aromatic heterocycles. The van der Waals surface area contributed by atoms with Crippen molar-refractivity contribution in [3.05, 3.63) is 75.3 Å². The van der Waals surface area contributed by atoms with Crippen LogP contribution in [0.2, 0.25) is 5.02 Å². The lowest BCUT2D eigenvalue weighted by molar-refractivity contribution is 0.000528. The van der Waals surface area contributed by atoms with Crippen molar-refractivity contribution in [3.63, 3.8) is 0 Å². The van der Waals surface area contributed by atoms with Gasteiger partial charge in [0.05, 0.1) is 27.4 Å². The average Bonchev–Trinajstić information content (AvgIpc) is 3.51. The molecule has 192 valence electrons. The number of nitrogens with zero attached hydrogens (tertiary/aromatic N) is 1. The molecule has 0 unspecified atom stereocenters. The van der Waals surface area contributed by atoms with Crippen molar-refractivity contribution in [2.75, 3.05) is 34.7 Å². The van der Waals surface area contributed by atoms with Crippen LogP contribution in [0.3, 0.4) is 0 Å². The van der Waals surface area contributed by atoms with Gasteiger partial charge in [-0.25, -0.2) is 4.79 Å². The molecule has 0 bridgehead atoms. The number of methoxy groups -OCH3 is 3. The maximum Gasteiger partial charge on any atom is 0.343 e. The van der Waals surface area contributed by atoms with Crippen LogP contribution in [0.1, 0.15) is 44.8 Å². The number of ether oxygens (including phenoxy) is 6. The summed E-state index contributed by atoms with van der Waals surface area (Å²) in [5, 5.41) is 0.668. The third-order valence-electron chi connectivity index (χ3n) is 7.19. The Balaban J connectivity index is 1.53. The maximum absolute atomic E-state index is 13.3. The van der Waals surface area contributed by atoms with E-state index in [0.717, 1.165) is 35.2 Å². The molecule has 0 amide bonds. The summed E-state index contributed by atoms with van der Waals surface area (Å²) in [6.07, 6.45) is 0.147. The van der Waals surface area contributed by atoms with Crippen LogP contribution < -0.4 is 23.7 Å². The Morgan fingerprint density at radius 2 is 1.86 bits per heavy atom. The van der Waals surface area contributed by atoms with Crippen LogP contribution >= 0.6 is 11.6 Å². The van der Waals surface area contributed by atoms with Crippen LogP contribution in [-0.2, 0) is 17.7 Å². The number of halogens is 1. The van der Waals surface area contributed by atoms with E-state index in [1.165, 1.54) is 7.11 Å². The van der Waals surface area contributed by atoms with Crippen molar-refractivity contribution < 1.29 is 33.2 Å². The zero-order chi connectivity index (χ0) is 25.7. The lowest BCUT2D eigenvalue weighted by atomic mass is 9.84. The first-order chi connectivity index (χ1) is 18.0. The molecular formula is C28H26ClNO7. The van der Waals surface area contributed by atoms with E-state index in [2.05, 4.69) is 4.90 Å². The van der Waals surface area contributed by atoms with Gasteiger partial charge in [-0.1, -0.05) is 29.8 Å². The third kappa shape index (κ3) is 3.83. The van der Waals surface area contributed by atoms with Gasteiger partial charge in [0.25, 0.3) is 0 Å². The Hall–Kier alpha value is -3.62. The molecule has 0 spiro atoms. The number of rotatable bonds is 6. The lowest BCUT2D eigenvalue weighted by Crippen LogP contribution is -2.38. The molecule has 3 heterocycles. The molecule has 9 heteroatoms. The molecule has 0 fully saturated rings. The minimum Gasteiger partial charge on any atom is -0.493 e. The molecule has 8 nitrogen and oxygen atoms in total. The van der Waals surface area contributed by atoms with Gasteiger partial charge in [0.15, 0.2) is 23.0 Å². The molecular weight excluding hydrogens is 498 g/mol. The smallest absolute Gasteiger partial charge is 0.343 e. The first-order valence-corrected chi connectivity index (χ1v) is 12.4. The van der Waals surface area contributed by atoms with Crippen LogP contribution in [0, 0.1) is 0 Å². The summed E-state index contributed by atoms with van der Waals surface area (Å²) in [4.78, 5) is 15.6. The van der Waals surface area contributed by atoms with Crippen LogP contribution in [0.5, 0.6) is 28.7 Å². The molecule has 0 saturated heterocycles. The first-order valence-electron chi connectivity index (χ1n) is 12.0. The zero-order valence-corrected chi connectivity index (χ0v) is 21.5. The molecule has 0 radical (unpaired) electrons. The Bertz CT molecular complexity index is 1390. The average molecular weight is 524 g/mol. The Kier molecular flexibility index (Phi) is 6.01. The van der Waals surface area contributed by atoms with Crippen LogP contribution in [0.25, 0.3) is 0 Å². The molecule has 0 aliphatic carbocycles. The van der Waals surface area contributed by atoms with Gasteiger partial charge in [-0.3, -0.25) is 4.90 Å². The molecule has 3 aromatic carbocycles. The quantitative estimate of drug-likeness (QED) is 0.413. The van der Waals surface area contributed by atoms with Crippen LogP contribution in [-0.4, -0.2) is 45.5 Å². The van der Waals surface area contributed by atoms with E-state index in [0.29, 0.717) is 45.9 Å². The second kappa shape index (κ2) is 9.36. The Morgan fingerprint density at radius 1 is 1.03 bits per heavy atom. The van der Waals surface area contributed by atoms with E-state index in [-0.39, 0.29) is 12.8 Å². The van der Waals surface area contributed by atoms with Gasteiger partial charge < -0.3 is 28.4 Å². The van der Waals surface area contributed by atoms with Crippen molar-refractivity contribution in [1.82, 2.24) is 4.90 Å². The number of cyclic esters (lactones) is 1. The van der Waals surface area contributed by atoms with Crippen LogP contribution in [0.15, 0.2) is 42.5 Å². The second-order valence-electron chi connectivity index (χ2n) is 9.10. The zero-order valence-electron chi connectivity index (χ0n) is 20.7. The fourth-order valence-corrected chi connectivity index (χ4v) is 5.86. The van der Waals surface area contributed by atoms with Gasteiger partial charge in [-0.15, -0.1) is 0 Å². The number of benzene rings is 3. The SMILES string of the molecule is COc1ccc2c(c1OC)C(=O)O[C@@H]2[C@H]1c2c(cc3c(c2OC)OCO3)CCN1Cc1cccc(Cl)c1. The molecule has 0 N–H and O–H groups in total. The largest absolute Gasteiger partial charge is 0.493 e. The summed E-state index contributed by atoms with van der Waals surface area (Å²) in [6.45, 7) is 1.45. The highest BCUT2D eigenvalue weighted by Gasteiger charge is 2.47. The highest BCUT2D eigenvalue weighted by atomic mass is 35.5. The van der Waals surface area contributed by atoms with E-state index >= 15 is 0 Å². The molecule has 0 saturated carbocycles. The third-order valence-corrected chi connectivity index (χ3v) is 7.42. The molecule has 3 aliphatic rings. The van der Waals surface area contributed by atoms with E-state index in [9.17, 15) is 4.79 Å². The number of esters is 1. The van der Waals surface area contributed by atoms with E-state index in [4.69, 9.17) is 40.0 Å². The Morgan fingerprint density at radius 3 is 2.62 bits per heavy atom. The topological polar surface area (TPSA) is 75.7 Å². The van der Waals surface area contributed by atoms with E-state index < -0.39 is 12.1 Å². The lowest BCUT2D eigenvalue weighted by Gasteiger charge is -2.40. The predicted molar refractivity (Wildman–Crippen MR) is 135 cm³/mol. The molecule has 37 heavy (non-hydrogen) atoms. The monoisotopic (exact) mass is 523 g/mol. The number of hydrogen-bond donors (Lipinski definition) is 0. The van der Waals surface area contributed by atoms with Crippen molar-refractivity contribution in [2.24, 2.45) is 0 Å². The fraction of sp³-hybridized carbons (Fsp3) is 0.321. The van der Waals surface area contributed by atoms with Crippen LogP contribution in [0.4, 0.5) is 0 Å². The summed E-state index contributed by atoms with van der Waals surface area (Å²) in [5.41, 5.74) is 4.15. The molecule has 2 atom stereocenters. The first kappa shape index (κ1) is 23.8. The van der Waals surface area contributed by atoms with Gasteiger partial charge in [-0.05, 0) is 41.8 Å². The van der Waals surface area contributed by atoms with Gasteiger partial charge >= 0.3 is 5.97 Å². The minimum atomic E-state index is -0.616. The highest BCUT2D eigenvalue weighted by molar-refractivity contribution is 6.30. The summed E-state index contributed by atoms with van der Waals surface area (Å²) in [5.74, 6) is 2.20. The van der Waals surface area contributed by atoms with Crippen molar-refractivity contribution in [1.29, 1.82) is 0 Å². The van der Waals surface area contributed by atoms with E-state index in [1.54, 1.807) is 20.3 Å². The number of carbonyl (C=O) groups excluding carboxylic acids is 1. The summed E-state index contributed by atoms with van der Waals surface area (Å²) in [7, 11) is 4.68. The summed E-state index contributed by atoms with van der Waals surface area (Å²) >= 11 is 6.30. The molecule has 3 aromatic rings. The molecule has 3 aliphatic heterocycles. The number of hydrogen-bond acceptors (Lipinski definition) is 8. The summed E-state index contributed by atoms with van der Waals surface area (Å²) in [6, 6.07) is 13.1. The standard InChI is InChI=1S/C28H26ClNO7/c1-32-19-8-7-18-22(25(19)33-2)28(31)37-24(18)23-21-16(12-20-26(27(21)34-3)36-14-35-20)9-10-30(23)13-15-5-4-6-17(29)11-15/h4-8,11-12,23-24H,9-10,13-14H2,1-3H3/t23-,24+/m1/s1. The number of fused-ring (bicyclic) bond motifs is 3. The van der Waals surface area contributed by atoms with Gasteiger partial charge in [0.1, 0.15) is 11.7 Å². The fourth-order valence-electron chi connectivity index (χ4n) is 5.65. The van der Waals surface area contributed by atoms with Crippen molar-refractivity contribution in [2.45, 2.75) is 25.1 Å². The molecule has 6 rings (SSSR count). The van der Waals surface area contributed by atoms with Crippen molar-refractivity contribution in [3.8, 4) is 28.7 Å². The van der Waals surface area contributed by atoms with Gasteiger partial charge in [0, 0.05) is 29.2 Å². The second-order valence-corrected chi connectivity index (χ2v) is 9.54. The maximum atomic E-state index is 13.3. The highest BCUT2D eigenvalue weighted by Crippen LogP contribution is 2.55. The normalized spacial score (nSPS) is 19.7. The van der Waals surface area contributed by atoms with Crippen molar-refractivity contribution >= 4 is 17.6 Å². The number of carbonyl (C=O) groups is 1. The minimum absolute atomic E-state index is 0.129. The Labute approximate surface area is 219 Å². The van der Waals surface area contributed by atoms with Gasteiger partial charge in [0.2, 0.25) is 12.5 Å². The van der Waals surface area contributed by atoms with Gasteiger partial charge in [-0.2, -0.15) is 0 Å².